The lowest BCUT2D eigenvalue weighted by Gasteiger charge is -2.34. The van der Waals surface area contributed by atoms with Crippen molar-refractivity contribution in [1.82, 2.24) is 0 Å². The van der Waals surface area contributed by atoms with Crippen LogP contribution in [0.1, 0.15) is 76.7 Å². The first kappa shape index (κ1) is 30.2. The summed E-state index contributed by atoms with van der Waals surface area (Å²) >= 11 is 0. The van der Waals surface area contributed by atoms with E-state index in [0.717, 1.165) is 31.6 Å². The summed E-state index contributed by atoms with van der Waals surface area (Å²) in [7, 11) is 0. The molecule has 1 aliphatic heterocycles. The Bertz CT molecular complexity index is 933. The molecule has 0 aromatic heterocycles. The Morgan fingerprint density at radius 1 is 0.821 bits per heavy atom. The molecule has 0 radical (unpaired) electrons. The van der Waals surface area contributed by atoms with E-state index in [2.05, 4.69) is 23.8 Å². The molecule has 3 aliphatic rings. The first-order chi connectivity index (χ1) is 18.4. The van der Waals surface area contributed by atoms with Crippen molar-refractivity contribution in [2.24, 2.45) is 23.7 Å². The van der Waals surface area contributed by atoms with Crippen molar-refractivity contribution in [3.63, 3.8) is 0 Å². The first-order valence-electron chi connectivity index (χ1n) is 13.9. The Labute approximate surface area is 225 Å². The monoisotopic (exact) mass is 566 g/mol. The predicted octanol–water partition coefficient (Wildman–Crippen LogP) is 8.71. The van der Waals surface area contributed by atoms with Crippen LogP contribution < -0.4 is 4.74 Å². The molecule has 10 heteroatoms. The minimum atomic E-state index is -5.30. The largest absolute Gasteiger partial charge is 0.432 e. The highest BCUT2D eigenvalue weighted by Crippen LogP contribution is 2.39. The lowest BCUT2D eigenvalue weighted by molar-refractivity contribution is -0.244. The van der Waals surface area contributed by atoms with Gasteiger partial charge in [0.15, 0.2) is 0 Å². The fourth-order valence-corrected chi connectivity index (χ4v) is 5.81. The second kappa shape index (κ2) is 12.8. The Kier molecular flexibility index (Phi) is 9.89. The minimum Gasteiger partial charge on any atom is -0.432 e. The molecule has 3 nitrogen and oxygen atoms in total. The van der Waals surface area contributed by atoms with Gasteiger partial charge < -0.3 is 14.2 Å². The van der Waals surface area contributed by atoms with Crippen LogP contribution in [0.4, 0.5) is 30.7 Å². The summed E-state index contributed by atoms with van der Waals surface area (Å²) in [5.41, 5.74) is -2.15. The molecule has 0 spiro atoms. The SMILES string of the molecule is CC1CCC(/C=C/C2CCC(OCC3CCC(C(F)(F)Oc4cc(F)c(C(F)(F)F)c(F)c4)CO3)CC2)CC1. The van der Waals surface area contributed by atoms with Crippen LogP contribution in [-0.4, -0.2) is 31.5 Å². The zero-order valence-corrected chi connectivity index (χ0v) is 22.1. The van der Waals surface area contributed by atoms with Crippen LogP contribution in [0.5, 0.6) is 5.75 Å². The zero-order chi connectivity index (χ0) is 28.2. The molecule has 1 saturated heterocycles. The number of hydrogen-bond acceptors (Lipinski definition) is 3. The quantitative estimate of drug-likeness (QED) is 0.233. The summed E-state index contributed by atoms with van der Waals surface area (Å²) in [6, 6.07) is 0.224. The first-order valence-corrected chi connectivity index (χ1v) is 13.9. The third-order valence-electron chi connectivity index (χ3n) is 8.35. The normalized spacial score (nSPS) is 31.0. The van der Waals surface area contributed by atoms with E-state index in [4.69, 9.17) is 9.47 Å². The van der Waals surface area contributed by atoms with Gasteiger partial charge in [-0.25, -0.2) is 8.78 Å². The molecule has 4 rings (SSSR count). The Morgan fingerprint density at radius 3 is 1.90 bits per heavy atom. The average Bonchev–Trinajstić information content (AvgIpc) is 2.86. The molecule has 220 valence electrons. The molecule has 2 unspecified atom stereocenters. The number of rotatable bonds is 8. The molecule has 2 atom stereocenters. The van der Waals surface area contributed by atoms with Crippen LogP contribution in [0.3, 0.4) is 0 Å². The van der Waals surface area contributed by atoms with Crippen LogP contribution >= 0.6 is 0 Å². The van der Waals surface area contributed by atoms with E-state index >= 15 is 0 Å². The molecule has 0 amide bonds. The van der Waals surface area contributed by atoms with Gasteiger partial charge in [0.05, 0.1) is 31.3 Å². The number of benzene rings is 1. The van der Waals surface area contributed by atoms with E-state index in [-0.39, 0.29) is 43.8 Å². The highest BCUT2D eigenvalue weighted by atomic mass is 19.4. The van der Waals surface area contributed by atoms with Gasteiger partial charge in [0.1, 0.15) is 22.9 Å². The molecule has 1 aromatic carbocycles. The van der Waals surface area contributed by atoms with Gasteiger partial charge in [0.25, 0.3) is 0 Å². The maximum absolute atomic E-state index is 14.6. The number of halogens is 7. The smallest absolute Gasteiger partial charge is 0.422 e. The lowest BCUT2D eigenvalue weighted by Crippen LogP contribution is -2.43. The highest BCUT2D eigenvalue weighted by Gasteiger charge is 2.46. The predicted molar refractivity (Wildman–Crippen MR) is 131 cm³/mol. The lowest BCUT2D eigenvalue weighted by atomic mass is 9.81. The molecular formula is C29H37F7O3. The average molecular weight is 567 g/mol. The maximum atomic E-state index is 14.6. The van der Waals surface area contributed by atoms with Crippen LogP contribution in [0.15, 0.2) is 24.3 Å². The van der Waals surface area contributed by atoms with Crippen molar-refractivity contribution in [2.45, 2.75) is 95.6 Å². The standard InChI is InChI=1S/C29H37F7O3/c1-18-2-4-19(5-3-18)6-7-20-8-11-22(12-9-20)38-17-23-13-10-21(16-37-23)29(35,36)39-24-14-25(30)27(26(31)15-24)28(32,33)34/h6-7,14-15,18-23H,2-5,8-13,16-17H2,1H3/b7-6+. The summed E-state index contributed by atoms with van der Waals surface area (Å²) in [5, 5.41) is 0. The Balaban J connectivity index is 1.17. The molecule has 2 saturated carbocycles. The molecule has 0 N–H and O–H groups in total. The van der Waals surface area contributed by atoms with Crippen molar-refractivity contribution in [3.8, 4) is 5.75 Å². The summed E-state index contributed by atoms with van der Waals surface area (Å²) in [5.74, 6) is -4.36. The van der Waals surface area contributed by atoms with Crippen LogP contribution in [0, 0.1) is 35.3 Å². The van der Waals surface area contributed by atoms with Gasteiger partial charge in [-0.1, -0.05) is 31.9 Å². The third-order valence-corrected chi connectivity index (χ3v) is 8.35. The second-order valence-electron chi connectivity index (χ2n) is 11.4. The molecule has 0 bridgehead atoms. The molecule has 39 heavy (non-hydrogen) atoms. The summed E-state index contributed by atoms with van der Waals surface area (Å²) < 4.78 is 111. The minimum absolute atomic E-state index is 0.00407. The summed E-state index contributed by atoms with van der Waals surface area (Å²) in [4.78, 5) is 0. The van der Waals surface area contributed by atoms with Crippen LogP contribution in [-0.2, 0) is 15.7 Å². The van der Waals surface area contributed by atoms with Crippen molar-refractivity contribution in [2.75, 3.05) is 13.2 Å². The van der Waals surface area contributed by atoms with Gasteiger partial charge in [-0.15, -0.1) is 0 Å². The van der Waals surface area contributed by atoms with Crippen molar-refractivity contribution in [1.29, 1.82) is 0 Å². The van der Waals surface area contributed by atoms with E-state index in [1.165, 1.54) is 25.7 Å². The summed E-state index contributed by atoms with van der Waals surface area (Å²) in [6.45, 7) is 2.24. The fraction of sp³-hybridized carbons (Fsp3) is 0.724. The highest BCUT2D eigenvalue weighted by molar-refractivity contribution is 5.32. The number of hydrogen-bond donors (Lipinski definition) is 0. The molecular weight excluding hydrogens is 529 g/mol. The summed E-state index contributed by atoms with van der Waals surface area (Å²) in [6.07, 6.45) is 4.84. The topological polar surface area (TPSA) is 27.7 Å². The van der Waals surface area contributed by atoms with Crippen molar-refractivity contribution in [3.05, 3.63) is 41.5 Å². The molecule has 2 aliphatic carbocycles. The third kappa shape index (κ3) is 8.35. The Morgan fingerprint density at radius 2 is 1.38 bits per heavy atom. The van der Waals surface area contributed by atoms with Gasteiger partial charge >= 0.3 is 12.3 Å². The fourth-order valence-electron chi connectivity index (χ4n) is 5.81. The van der Waals surface area contributed by atoms with Crippen molar-refractivity contribution >= 4 is 0 Å². The van der Waals surface area contributed by atoms with E-state index in [0.29, 0.717) is 18.4 Å². The van der Waals surface area contributed by atoms with Crippen molar-refractivity contribution < 1.29 is 44.9 Å². The zero-order valence-electron chi connectivity index (χ0n) is 22.1. The van der Waals surface area contributed by atoms with Gasteiger partial charge in [0, 0.05) is 12.1 Å². The number of alkyl halides is 5. The van der Waals surface area contributed by atoms with Gasteiger partial charge in [-0.05, 0) is 69.1 Å². The second-order valence-corrected chi connectivity index (χ2v) is 11.4. The van der Waals surface area contributed by atoms with Gasteiger partial charge in [-0.2, -0.15) is 22.0 Å². The molecule has 1 heterocycles. The van der Waals surface area contributed by atoms with E-state index in [1.54, 1.807) is 0 Å². The van der Waals surface area contributed by atoms with Gasteiger partial charge in [-0.3, -0.25) is 0 Å². The number of allylic oxidation sites excluding steroid dienone is 2. The van der Waals surface area contributed by atoms with E-state index in [1.807, 2.05) is 0 Å². The maximum Gasteiger partial charge on any atom is 0.422 e. The van der Waals surface area contributed by atoms with E-state index in [9.17, 15) is 30.7 Å². The van der Waals surface area contributed by atoms with Gasteiger partial charge in [0.2, 0.25) is 0 Å². The van der Waals surface area contributed by atoms with E-state index < -0.39 is 41.2 Å². The van der Waals surface area contributed by atoms with Crippen LogP contribution in [0.2, 0.25) is 0 Å². The Hall–Kier alpha value is -1.81. The van der Waals surface area contributed by atoms with Crippen LogP contribution in [0.25, 0.3) is 0 Å². The number of ether oxygens (including phenoxy) is 3. The molecule has 3 fully saturated rings. The molecule has 1 aromatic rings.